The minimum Gasteiger partial charge on any atom is -0.490 e. The van der Waals surface area contributed by atoms with Crippen molar-refractivity contribution in [2.45, 2.75) is 11.8 Å². The van der Waals surface area contributed by atoms with Crippen LogP contribution in [0, 0.1) is 0 Å². The molecule has 0 aliphatic carbocycles. The molecule has 1 amide bonds. The smallest absolute Gasteiger partial charge is 0.245 e. The van der Waals surface area contributed by atoms with E-state index in [2.05, 4.69) is 0 Å². The molecule has 1 aromatic carbocycles. The molecule has 0 spiro atoms. The molecule has 1 saturated heterocycles. The van der Waals surface area contributed by atoms with E-state index in [4.69, 9.17) is 25.8 Å². The molecule has 2 aliphatic rings. The first-order valence-corrected chi connectivity index (χ1v) is 7.59. The lowest BCUT2D eigenvalue weighted by Crippen LogP contribution is -2.42. The van der Waals surface area contributed by atoms with E-state index in [0.717, 1.165) is 12.0 Å². The Labute approximate surface area is 128 Å². The summed E-state index contributed by atoms with van der Waals surface area (Å²) in [5.41, 5.74) is 0.734. The van der Waals surface area contributed by atoms with Gasteiger partial charge in [0, 0.05) is 19.5 Å². The van der Waals surface area contributed by atoms with Crippen molar-refractivity contribution in [1.82, 2.24) is 4.90 Å². The molecular weight excluding hydrogens is 294 g/mol. The topological polar surface area (TPSA) is 48.0 Å². The van der Waals surface area contributed by atoms with Crippen molar-refractivity contribution in [3.8, 4) is 11.5 Å². The van der Waals surface area contributed by atoms with Crippen molar-refractivity contribution >= 4 is 17.5 Å². The van der Waals surface area contributed by atoms with E-state index < -0.39 is 5.38 Å². The number of carbonyl (C=O) groups is 1. The monoisotopic (exact) mass is 311 g/mol. The number of hydrogen-bond acceptors (Lipinski definition) is 4. The van der Waals surface area contributed by atoms with Crippen molar-refractivity contribution in [1.29, 1.82) is 0 Å². The number of amides is 1. The number of alkyl halides is 1. The second-order valence-electron chi connectivity index (χ2n) is 5.06. The maximum absolute atomic E-state index is 12.4. The van der Waals surface area contributed by atoms with Crippen molar-refractivity contribution in [3.63, 3.8) is 0 Å². The van der Waals surface area contributed by atoms with E-state index in [9.17, 15) is 4.79 Å². The van der Waals surface area contributed by atoms with Gasteiger partial charge in [0.25, 0.3) is 0 Å². The van der Waals surface area contributed by atoms with E-state index >= 15 is 0 Å². The highest BCUT2D eigenvalue weighted by atomic mass is 35.5. The third-order valence-electron chi connectivity index (χ3n) is 3.60. The van der Waals surface area contributed by atoms with Gasteiger partial charge in [-0.3, -0.25) is 4.79 Å². The highest BCUT2D eigenvalue weighted by Gasteiger charge is 2.26. The number of halogens is 1. The summed E-state index contributed by atoms with van der Waals surface area (Å²) in [4.78, 5) is 14.1. The number of hydrogen-bond donors (Lipinski definition) is 0. The lowest BCUT2D eigenvalue weighted by molar-refractivity contribution is -0.134. The minimum atomic E-state index is -0.708. The van der Waals surface area contributed by atoms with Crippen molar-refractivity contribution in [3.05, 3.63) is 23.8 Å². The predicted molar refractivity (Wildman–Crippen MR) is 78.0 cm³/mol. The number of benzene rings is 1. The SMILES string of the molecule is O=C(C(Cl)c1ccc2c(c1)OCCCO2)N1CCOCC1. The fourth-order valence-corrected chi connectivity index (χ4v) is 2.70. The first kappa shape index (κ1) is 14.5. The van der Waals surface area contributed by atoms with Crippen LogP contribution in [-0.4, -0.2) is 50.3 Å². The van der Waals surface area contributed by atoms with Crippen LogP contribution in [0.3, 0.4) is 0 Å². The van der Waals surface area contributed by atoms with Gasteiger partial charge in [0.2, 0.25) is 5.91 Å². The summed E-state index contributed by atoms with van der Waals surface area (Å²) in [7, 11) is 0. The van der Waals surface area contributed by atoms with Crippen molar-refractivity contribution < 1.29 is 19.0 Å². The van der Waals surface area contributed by atoms with Crippen LogP contribution in [0.15, 0.2) is 18.2 Å². The van der Waals surface area contributed by atoms with E-state index in [1.54, 1.807) is 11.0 Å². The van der Waals surface area contributed by atoms with Gasteiger partial charge in [0.1, 0.15) is 5.38 Å². The molecule has 1 aromatic rings. The van der Waals surface area contributed by atoms with Gasteiger partial charge in [-0.05, 0) is 17.7 Å². The summed E-state index contributed by atoms with van der Waals surface area (Å²) in [6.07, 6.45) is 0.848. The average molecular weight is 312 g/mol. The Bertz CT molecular complexity index is 516. The van der Waals surface area contributed by atoms with Crippen LogP contribution >= 0.6 is 11.6 Å². The number of morpholine rings is 1. The quantitative estimate of drug-likeness (QED) is 0.784. The first-order valence-electron chi connectivity index (χ1n) is 7.16. The maximum atomic E-state index is 12.4. The largest absolute Gasteiger partial charge is 0.490 e. The van der Waals surface area contributed by atoms with Gasteiger partial charge < -0.3 is 19.1 Å². The van der Waals surface area contributed by atoms with E-state index in [-0.39, 0.29) is 5.91 Å². The molecule has 0 radical (unpaired) electrons. The van der Waals surface area contributed by atoms with Crippen LogP contribution in [0.4, 0.5) is 0 Å². The number of rotatable bonds is 2. The molecule has 5 nitrogen and oxygen atoms in total. The third kappa shape index (κ3) is 3.24. The van der Waals surface area contributed by atoms with Crippen molar-refractivity contribution in [2.75, 3.05) is 39.5 Å². The Kier molecular flexibility index (Phi) is 4.51. The number of nitrogens with zero attached hydrogens (tertiary/aromatic N) is 1. The molecule has 0 N–H and O–H groups in total. The van der Waals surface area contributed by atoms with E-state index in [1.807, 2.05) is 12.1 Å². The molecule has 6 heteroatoms. The van der Waals surface area contributed by atoms with Crippen LogP contribution in [0.25, 0.3) is 0 Å². The fourth-order valence-electron chi connectivity index (χ4n) is 2.42. The van der Waals surface area contributed by atoms with Crippen LogP contribution in [-0.2, 0) is 9.53 Å². The van der Waals surface area contributed by atoms with Gasteiger partial charge in [-0.2, -0.15) is 0 Å². The lowest BCUT2D eigenvalue weighted by atomic mass is 10.1. The predicted octanol–water partition coefficient (Wildman–Crippen LogP) is 1.99. The molecule has 2 heterocycles. The summed E-state index contributed by atoms with van der Waals surface area (Å²) in [6, 6.07) is 5.44. The minimum absolute atomic E-state index is 0.0885. The Balaban J connectivity index is 1.76. The first-order chi connectivity index (χ1) is 10.3. The van der Waals surface area contributed by atoms with Crippen LogP contribution < -0.4 is 9.47 Å². The lowest BCUT2D eigenvalue weighted by Gasteiger charge is -2.28. The molecule has 1 fully saturated rings. The van der Waals surface area contributed by atoms with Gasteiger partial charge in [-0.1, -0.05) is 6.07 Å². The summed E-state index contributed by atoms with van der Waals surface area (Å²) in [5, 5.41) is -0.708. The standard InChI is InChI=1S/C15H18ClNO4/c16-14(15(18)17-4-8-19-9-5-17)11-2-3-12-13(10-11)21-7-1-6-20-12/h2-3,10,14H,1,4-9H2. The second-order valence-corrected chi connectivity index (χ2v) is 5.49. The van der Waals surface area contributed by atoms with Crippen LogP contribution in [0.2, 0.25) is 0 Å². The number of fused-ring (bicyclic) bond motifs is 1. The molecule has 0 aromatic heterocycles. The zero-order valence-electron chi connectivity index (χ0n) is 11.7. The normalized spacial score (nSPS) is 19.8. The van der Waals surface area contributed by atoms with Gasteiger partial charge >= 0.3 is 0 Å². The average Bonchev–Trinajstić information content (AvgIpc) is 2.79. The van der Waals surface area contributed by atoms with Gasteiger partial charge in [-0.15, -0.1) is 11.6 Å². The zero-order chi connectivity index (χ0) is 14.7. The fraction of sp³-hybridized carbons (Fsp3) is 0.533. The number of carbonyl (C=O) groups excluding carboxylic acids is 1. The molecule has 3 rings (SSSR count). The van der Waals surface area contributed by atoms with Gasteiger partial charge in [0.05, 0.1) is 26.4 Å². The third-order valence-corrected chi connectivity index (χ3v) is 4.04. The number of ether oxygens (including phenoxy) is 3. The molecule has 2 aliphatic heterocycles. The Hall–Kier alpha value is -1.46. The van der Waals surface area contributed by atoms with Crippen LogP contribution in [0.1, 0.15) is 17.4 Å². The summed E-state index contributed by atoms with van der Waals surface area (Å²) in [5.74, 6) is 1.28. The highest BCUT2D eigenvalue weighted by Crippen LogP contribution is 2.34. The Morgan fingerprint density at radius 2 is 1.81 bits per heavy atom. The summed E-state index contributed by atoms with van der Waals surface area (Å²) >= 11 is 6.34. The molecule has 1 unspecified atom stereocenters. The molecular formula is C15H18ClNO4. The molecule has 21 heavy (non-hydrogen) atoms. The van der Waals surface area contributed by atoms with Gasteiger partial charge in [0.15, 0.2) is 11.5 Å². The summed E-state index contributed by atoms with van der Waals surface area (Å²) < 4.78 is 16.5. The molecule has 114 valence electrons. The second kappa shape index (κ2) is 6.54. The highest BCUT2D eigenvalue weighted by molar-refractivity contribution is 6.30. The zero-order valence-corrected chi connectivity index (χ0v) is 12.5. The van der Waals surface area contributed by atoms with Crippen molar-refractivity contribution in [2.24, 2.45) is 0 Å². The molecule has 1 atom stereocenters. The molecule has 0 bridgehead atoms. The Morgan fingerprint density at radius 1 is 1.10 bits per heavy atom. The van der Waals surface area contributed by atoms with E-state index in [1.165, 1.54) is 0 Å². The maximum Gasteiger partial charge on any atom is 0.245 e. The van der Waals surface area contributed by atoms with Crippen LogP contribution in [0.5, 0.6) is 11.5 Å². The van der Waals surface area contributed by atoms with Gasteiger partial charge in [-0.25, -0.2) is 0 Å². The summed E-state index contributed by atoms with van der Waals surface area (Å²) in [6.45, 7) is 3.57. The molecule has 0 saturated carbocycles. The Morgan fingerprint density at radius 3 is 2.57 bits per heavy atom. The van der Waals surface area contributed by atoms with E-state index in [0.29, 0.717) is 51.0 Å².